The molecule has 0 bridgehead atoms. The van der Waals surface area contributed by atoms with Gasteiger partial charge >= 0.3 is 0 Å². The summed E-state index contributed by atoms with van der Waals surface area (Å²) in [6, 6.07) is 4.34. The summed E-state index contributed by atoms with van der Waals surface area (Å²) in [7, 11) is 0. The minimum atomic E-state index is 0.146. The third-order valence-electron chi connectivity index (χ3n) is 3.07. The van der Waals surface area contributed by atoms with E-state index >= 15 is 0 Å². The molecule has 0 N–H and O–H groups in total. The Kier molecular flexibility index (Phi) is 2.14. The van der Waals surface area contributed by atoms with E-state index in [4.69, 9.17) is 4.42 Å². The van der Waals surface area contributed by atoms with Gasteiger partial charge in [-0.3, -0.25) is 0 Å². The molecule has 1 heterocycles. The lowest BCUT2D eigenvalue weighted by molar-refractivity contribution is 0.556. The first kappa shape index (κ1) is 10.3. The topological polar surface area (TPSA) is 13.1 Å². The summed E-state index contributed by atoms with van der Waals surface area (Å²) in [5.74, 6) is 0. The van der Waals surface area contributed by atoms with E-state index in [0.29, 0.717) is 0 Å². The van der Waals surface area contributed by atoms with Crippen LogP contribution >= 0.6 is 0 Å². The predicted octanol–water partition coefficient (Wildman–Crippen LogP) is 4.35. The predicted molar refractivity (Wildman–Crippen MR) is 64.4 cm³/mol. The molecule has 0 saturated heterocycles. The number of hydrogen-bond acceptors (Lipinski definition) is 1. The average molecular weight is 202 g/mol. The lowest BCUT2D eigenvalue weighted by Crippen LogP contribution is -2.09. The van der Waals surface area contributed by atoms with Crippen molar-refractivity contribution in [3.05, 3.63) is 35.1 Å². The Morgan fingerprint density at radius 2 is 1.73 bits per heavy atom. The van der Waals surface area contributed by atoms with Crippen molar-refractivity contribution in [2.24, 2.45) is 0 Å². The highest BCUT2D eigenvalue weighted by atomic mass is 16.3. The molecule has 15 heavy (non-hydrogen) atoms. The van der Waals surface area contributed by atoms with Crippen LogP contribution in [0.5, 0.6) is 0 Å². The van der Waals surface area contributed by atoms with Crippen LogP contribution in [0, 0.1) is 13.8 Å². The van der Waals surface area contributed by atoms with Gasteiger partial charge < -0.3 is 4.42 Å². The summed E-state index contributed by atoms with van der Waals surface area (Å²) in [4.78, 5) is 0. The normalized spacial score (nSPS) is 12.3. The number of benzene rings is 1. The van der Waals surface area contributed by atoms with E-state index in [1.165, 1.54) is 22.1 Å². The molecule has 1 heteroatoms. The van der Waals surface area contributed by atoms with Crippen molar-refractivity contribution in [1.82, 2.24) is 0 Å². The van der Waals surface area contributed by atoms with E-state index in [9.17, 15) is 0 Å². The Hall–Kier alpha value is -1.24. The molecule has 1 nitrogen and oxygen atoms in total. The molecule has 0 atom stereocenters. The highest BCUT2D eigenvalue weighted by Gasteiger charge is 2.20. The maximum Gasteiger partial charge on any atom is 0.137 e. The molecule has 0 amide bonds. The van der Waals surface area contributed by atoms with Crippen molar-refractivity contribution >= 4 is 11.0 Å². The minimum Gasteiger partial charge on any atom is -0.464 e. The van der Waals surface area contributed by atoms with Gasteiger partial charge in [0, 0.05) is 10.9 Å². The molecule has 0 spiro atoms. The molecule has 0 radical (unpaired) electrons. The van der Waals surface area contributed by atoms with Gasteiger partial charge in [-0.1, -0.05) is 32.9 Å². The second-order valence-corrected chi connectivity index (χ2v) is 5.28. The first-order valence-corrected chi connectivity index (χ1v) is 5.39. The van der Waals surface area contributed by atoms with Crippen molar-refractivity contribution in [2.45, 2.75) is 40.0 Å². The molecule has 2 aromatic rings. The van der Waals surface area contributed by atoms with E-state index in [-0.39, 0.29) is 5.41 Å². The van der Waals surface area contributed by atoms with Crippen LogP contribution in [0.15, 0.2) is 22.8 Å². The van der Waals surface area contributed by atoms with Gasteiger partial charge in [0.2, 0.25) is 0 Å². The summed E-state index contributed by atoms with van der Waals surface area (Å²) in [5, 5.41) is 1.26. The molecule has 0 aliphatic heterocycles. The quantitative estimate of drug-likeness (QED) is 0.619. The molecule has 80 valence electrons. The number of fused-ring (bicyclic) bond motifs is 1. The molecule has 1 aromatic heterocycles. The average Bonchev–Trinajstić information content (AvgIpc) is 2.54. The maximum absolute atomic E-state index is 5.69. The second kappa shape index (κ2) is 3.13. The van der Waals surface area contributed by atoms with Crippen LogP contribution in [0.2, 0.25) is 0 Å². The molecule has 0 unspecified atom stereocenters. The standard InChI is InChI=1S/C14H18O/c1-9-6-7-11-12(14(3,4)5)8-15-13(11)10(9)2/h6-8H,1-5H3. The molecule has 0 aliphatic carbocycles. The Morgan fingerprint density at radius 3 is 2.33 bits per heavy atom. The molecule has 0 aliphatic rings. The van der Waals surface area contributed by atoms with Crippen LogP contribution in [0.3, 0.4) is 0 Å². The smallest absolute Gasteiger partial charge is 0.137 e. The van der Waals surface area contributed by atoms with Gasteiger partial charge in [-0.2, -0.15) is 0 Å². The fraction of sp³-hybridized carbons (Fsp3) is 0.429. The largest absolute Gasteiger partial charge is 0.464 e. The number of furan rings is 1. The molecule has 0 saturated carbocycles. The van der Waals surface area contributed by atoms with Gasteiger partial charge in [0.15, 0.2) is 0 Å². The molecular formula is C14H18O. The molecular weight excluding hydrogens is 184 g/mol. The number of hydrogen-bond donors (Lipinski definition) is 0. The summed E-state index contributed by atoms with van der Waals surface area (Å²) in [6.07, 6.45) is 1.90. The summed E-state index contributed by atoms with van der Waals surface area (Å²) in [6.45, 7) is 10.9. The zero-order valence-corrected chi connectivity index (χ0v) is 10.1. The van der Waals surface area contributed by atoms with Crippen LogP contribution in [0.25, 0.3) is 11.0 Å². The van der Waals surface area contributed by atoms with Crippen molar-refractivity contribution in [3.8, 4) is 0 Å². The van der Waals surface area contributed by atoms with Crippen LogP contribution in [0.1, 0.15) is 37.5 Å². The Morgan fingerprint density at radius 1 is 1.07 bits per heavy atom. The van der Waals surface area contributed by atoms with Gasteiger partial charge in [-0.25, -0.2) is 0 Å². The van der Waals surface area contributed by atoms with E-state index in [1.54, 1.807) is 0 Å². The third-order valence-corrected chi connectivity index (χ3v) is 3.07. The van der Waals surface area contributed by atoms with Gasteiger partial charge in [0.25, 0.3) is 0 Å². The Labute approximate surface area is 91.1 Å². The fourth-order valence-corrected chi connectivity index (χ4v) is 1.92. The van der Waals surface area contributed by atoms with Crippen LogP contribution in [-0.2, 0) is 5.41 Å². The highest BCUT2D eigenvalue weighted by molar-refractivity contribution is 5.85. The Balaban J connectivity index is 2.78. The fourth-order valence-electron chi connectivity index (χ4n) is 1.92. The molecule has 0 fully saturated rings. The molecule has 2 rings (SSSR count). The highest BCUT2D eigenvalue weighted by Crippen LogP contribution is 2.33. The van der Waals surface area contributed by atoms with Crippen molar-refractivity contribution in [3.63, 3.8) is 0 Å². The summed E-state index contributed by atoms with van der Waals surface area (Å²) >= 11 is 0. The maximum atomic E-state index is 5.69. The number of aryl methyl sites for hydroxylation is 2. The van der Waals surface area contributed by atoms with Crippen LogP contribution in [0.4, 0.5) is 0 Å². The third kappa shape index (κ3) is 1.56. The first-order chi connectivity index (χ1) is 6.91. The van der Waals surface area contributed by atoms with E-state index in [1.807, 2.05) is 6.26 Å². The van der Waals surface area contributed by atoms with E-state index in [2.05, 4.69) is 46.8 Å². The van der Waals surface area contributed by atoms with Crippen LogP contribution in [-0.4, -0.2) is 0 Å². The van der Waals surface area contributed by atoms with Gasteiger partial charge in [0.1, 0.15) is 5.58 Å². The van der Waals surface area contributed by atoms with Gasteiger partial charge in [0.05, 0.1) is 6.26 Å². The van der Waals surface area contributed by atoms with E-state index < -0.39 is 0 Å². The van der Waals surface area contributed by atoms with E-state index in [0.717, 1.165) is 5.58 Å². The van der Waals surface area contributed by atoms with Gasteiger partial charge in [-0.05, 0) is 30.4 Å². The van der Waals surface area contributed by atoms with Crippen LogP contribution < -0.4 is 0 Å². The lowest BCUT2D eigenvalue weighted by Gasteiger charge is -2.16. The van der Waals surface area contributed by atoms with Crippen molar-refractivity contribution in [2.75, 3.05) is 0 Å². The monoisotopic (exact) mass is 202 g/mol. The summed E-state index contributed by atoms with van der Waals surface area (Å²) in [5.41, 5.74) is 5.02. The van der Waals surface area contributed by atoms with Crippen molar-refractivity contribution in [1.29, 1.82) is 0 Å². The zero-order chi connectivity index (χ0) is 11.2. The zero-order valence-electron chi connectivity index (χ0n) is 10.1. The summed E-state index contributed by atoms with van der Waals surface area (Å²) < 4.78 is 5.69. The molecule has 1 aromatic carbocycles. The first-order valence-electron chi connectivity index (χ1n) is 5.39. The van der Waals surface area contributed by atoms with Gasteiger partial charge in [-0.15, -0.1) is 0 Å². The minimum absolute atomic E-state index is 0.146. The Bertz CT molecular complexity index is 498. The SMILES string of the molecule is Cc1ccc2c(C(C)(C)C)coc2c1C. The second-order valence-electron chi connectivity index (χ2n) is 5.28. The number of rotatable bonds is 0. The lowest BCUT2D eigenvalue weighted by atomic mass is 9.86. The van der Waals surface area contributed by atoms with Crippen molar-refractivity contribution < 1.29 is 4.42 Å².